The molecule has 0 atom stereocenters. The van der Waals surface area contributed by atoms with Crippen LogP contribution >= 0.6 is 0 Å². The molecule has 13 nitrogen and oxygen atoms in total. The molecule has 1 aliphatic heterocycles. The summed E-state index contributed by atoms with van der Waals surface area (Å²) in [5.74, 6) is 2.47. The summed E-state index contributed by atoms with van der Waals surface area (Å²) < 4.78 is 12.9. The topological polar surface area (TPSA) is 146 Å². The molecule has 53 heavy (non-hydrogen) atoms. The van der Waals surface area contributed by atoms with E-state index in [2.05, 4.69) is 68.0 Å². The van der Waals surface area contributed by atoms with Gasteiger partial charge in [-0.15, -0.1) is 0 Å². The van der Waals surface area contributed by atoms with Gasteiger partial charge in [0.15, 0.2) is 0 Å². The minimum atomic E-state index is -0.421. The molecule has 3 aromatic heterocycles. The predicted molar refractivity (Wildman–Crippen MR) is 208 cm³/mol. The maximum atomic E-state index is 12.9. The Bertz CT molecular complexity index is 2490. The maximum Gasteiger partial charge on any atom is 0.327 e. The number of carbonyl (C=O) groups is 1. The molecule has 0 aliphatic carbocycles. The van der Waals surface area contributed by atoms with E-state index in [1.54, 1.807) is 24.3 Å². The molecule has 4 heterocycles. The minimum absolute atomic E-state index is 0.176. The van der Waals surface area contributed by atoms with Crippen LogP contribution in [0.1, 0.15) is 5.82 Å². The van der Waals surface area contributed by atoms with Crippen molar-refractivity contribution in [1.82, 2.24) is 39.7 Å². The van der Waals surface area contributed by atoms with E-state index in [9.17, 15) is 9.59 Å². The first-order chi connectivity index (χ1) is 25.9. The normalized spacial score (nSPS) is 13.6. The largest absolute Gasteiger partial charge is 0.491 e. The zero-order valence-electron chi connectivity index (χ0n) is 29.3. The molecule has 0 saturated carbocycles. The van der Waals surface area contributed by atoms with Crippen molar-refractivity contribution in [3.05, 3.63) is 108 Å². The molecule has 1 amide bonds. The van der Waals surface area contributed by atoms with Crippen LogP contribution in [0.3, 0.4) is 0 Å². The van der Waals surface area contributed by atoms with Crippen molar-refractivity contribution in [2.45, 2.75) is 0 Å². The lowest BCUT2D eigenvalue weighted by Gasteiger charge is -2.34. The Balaban J connectivity index is 0.830. The maximum absolute atomic E-state index is 12.9. The number of benzene rings is 4. The van der Waals surface area contributed by atoms with E-state index in [1.165, 1.54) is 16.3 Å². The van der Waals surface area contributed by atoms with Gasteiger partial charge in [0.05, 0.1) is 46.2 Å². The highest BCUT2D eigenvalue weighted by Gasteiger charge is 2.17. The van der Waals surface area contributed by atoms with Crippen LogP contribution < -0.4 is 20.5 Å². The van der Waals surface area contributed by atoms with Gasteiger partial charge in [0.25, 0.3) is 5.56 Å². The Kier molecular flexibility index (Phi) is 9.40. The third-order valence-corrected chi connectivity index (χ3v) is 9.44. The molecule has 7 aromatic rings. The zero-order chi connectivity index (χ0) is 36.3. The minimum Gasteiger partial charge on any atom is -0.491 e. The standard InChI is InChI=1S/C40H39N9O4/c1-3-36-46-39(50)30-6-4-5-7-35(30)49(36)40(51)41-16-21-52-22-23-53-29-12-8-26(9-13-29)37-42-31-14-10-27(24-33(31)44-37)38-43-32-15-11-28(25-34(32)45-38)48-19-17-47(2)18-20-48/h3-15,24-25H,1,16-23H2,2H3,(H,41,51)(H,42,44)(H,43,45). The summed E-state index contributed by atoms with van der Waals surface area (Å²) in [6.07, 6.45) is 1.38. The third-order valence-electron chi connectivity index (χ3n) is 9.44. The Morgan fingerprint density at radius 2 is 1.53 bits per heavy atom. The van der Waals surface area contributed by atoms with Crippen molar-refractivity contribution in [2.24, 2.45) is 0 Å². The lowest BCUT2D eigenvalue weighted by atomic mass is 10.2. The molecule has 0 spiro atoms. The highest BCUT2D eigenvalue weighted by Crippen LogP contribution is 2.29. The van der Waals surface area contributed by atoms with Crippen LogP contribution in [0.5, 0.6) is 5.75 Å². The summed E-state index contributed by atoms with van der Waals surface area (Å²) in [7, 11) is 2.17. The number of aromatic nitrogens is 6. The number of hydrogen-bond acceptors (Lipinski definition) is 9. The lowest BCUT2D eigenvalue weighted by Crippen LogP contribution is -2.44. The number of aromatic amines is 2. The van der Waals surface area contributed by atoms with Crippen LogP contribution in [0.2, 0.25) is 0 Å². The summed E-state index contributed by atoms with van der Waals surface area (Å²) in [5, 5.41) is 3.16. The summed E-state index contributed by atoms with van der Waals surface area (Å²) in [6.45, 7) is 9.09. The fourth-order valence-corrected chi connectivity index (χ4v) is 6.57. The number of carbonyl (C=O) groups excluding carboxylic acids is 1. The fourth-order valence-electron chi connectivity index (χ4n) is 6.57. The quantitative estimate of drug-likeness (QED) is 0.148. The van der Waals surface area contributed by atoms with Crippen molar-refractivity contribution < 1.29 is 14.3 Å². The van der Waals surface area contributed by atoms with Crippen LogP contribution in [0.25, 0.3) is 61.8 Å². The third kappa shape index (κ3) is 7.12. The van der Waals surface area contributed by atoms with E-state index in [0.717, 1.165) is 71.0 Å². The molecule has 0 radical (unpaired) electrons. The Labute approximate surface area is 304 Å². The van der Waals surface area contributed by atoms with Gasteiger partial charge in [-0.2, -0.15) is 4.98 Å². The van der Waals surface area contributed by atoms with Gasteiger partial charge in [-0.1, -0.05) is 18.7 Å². The molecule has 0 unspecified atom stereocenters. The van der Waals surface area contributed by atoms with Gasteiger partial charge in [0, 0.05) is 49.5 Å². The number of rotatable bonds is 11. The van der Waals surface area contributed by atoms with E-state index in [1.807, 2.05) is 36.4 Å². The van der Waals surface area contributed by atoms with Crippen LogP contribution in [-0.2, 0) is 4.74 Å². The molecule has 13 heteroatoms. The van der Waals surface area contributed by atoms with Gasteiger partial charge in [0.2, 0.25) is 0 Å². The van der Waals surface area contributed by atoms with Crippen LogP contribution in [-0.4, -0.2) is 100 Å². The van der Waals surface area contributed by atoms with Crippen LogP contribution in [0, 0.1) is 0 Å². The number of anilines is 1. The molecule has 4 aromatic carbocycles. The van der Waals surface area contributed by atoms with E-state index in [0.29, 0.717) is 29.9 Å². The highest BCUT2D eigenvalue weighted by atomic mass is 16.5. The summed E-state index contributed by atoms with van der Waals surface area (Å²) in [5.41, 5.74) is 6.97. The summed E-state index contributed by atoms with van der Waals surface area (Å²) >= 11 is 0. The Morgan fingerprint density at radius 1 is 0.830 bits per heavy atom. The number of nitrogens with zero attached hydrogens (tertiary/aromatic N) is 6. The van der Waals surface area contributed by atoms with E-state index >= 15 is 0 Å². The first kappa shape index (κ1) is 33.8. The number of imidazole rings is 2. The number of H-pyrrole nitrogens is 2. The van der Waals surface area contributed by atoms with Gasteiger partial charge < -0.3 is 34.6 Å². The predicted octanol–water partition coefficient (Wildman–Crippen LogP) is 5.53. The van der Waals surface area contributed by atoms with Crippen molar-refractivity contribution in [2.75, 3.05) is 64.5 Å². The number of fused-ring (bicyclic) bond motifs is 3. The fraction of sp³-hybridized carbons (Fsp3) is 0.225. The second kappa shape index (κ2) is 14.7. The number of hydrogen-bond donors (Lipinski definition) is 3. The van der Waals surface area contributed by atoms with E-state index in [-0.39, 0.29) is 19.0 Å². The average molecular weight is 710 g/mol. The Hall–Kier alpha value is -6.31. The molecule has 8 rings (SSSR count). The highest BCUT2D eigenvalue weighted by molar-refractivity contribution is 5.91. The Morgan fingerprint density at radius 3 is 2.30 bits per heavy atom. The molecule has 3 N–H and O–H groups in total. The van der Waals surface area contributed by atoms with Crippen LogP contribution in [0.15, 0.2) is 96.3 Å². The van der Waals surface area contributed by atoms with Gasteiger partial charge in [-0.3, -0.25) is 4.79 Å². The molecule has 1 saturated heterocycles. The van der Waals surface area contributed by atoms with E-state index in [4.69, 9.17) is 19.4 Å². The second-order valence-corrected chi connectivity index (χ2v) is 12.9. The van der Waals surface area contributed by atoms with Gasteiger partial charge in [-0.05, 0) is 85.9 Å². The molecule has 268 valence electrons. The zero-order valence-corrected chi connectivity index (χ0v) is 29.3. The monoisotopic (exact) mass is 709 g/mol. The van der Waals surface area contributed by atoms with Crippen molar-refractivity contribution >= 4 is 50.8 Å². The van der Waals surface area contributed by atoms with Gasteiger partial charge >= 0.3 is 6.03 Å². The van der Waals surface area contributed by atoms with Crippen LogP contribution in [0.4, 0.5) is 10.5 Å². The van der Waals surface area contributed by atoms with E-state index < -0.39 is 11.6 Å². The lowest BCUT2D eigenvalue weighted by molar-refractivity contribution is 0.103. The number of likely N-dealkylation sites (N-methyl/N-ethyl adjacent to an activating group) is 1. The molecule has 1 aliphatic rings. The number of ether oxygens (including phenoxy) is 2. The number of amides is 1. The van der Waals surface area contributed by atoms with Crippen molar-refractivity contribution in [3.63, 3.8) is 0 Å². The SMILES string of the molecule is C=Cc1nc(=O)c2ccccc2n1C(=O)NCCOCCOc1ccc(-c2nc3ccc(-c4nc5ccc(N6CCN(C)CC6)cc5[nH]4)cc3[nH]2)cc1. The van der Waals surface area contributed by atoms with Gasteiger partial charge in [0.1, 0.15) is 29.8 Å². The first-order valence-electron chi connectivity index (χ1n) is 17.6. The first-order valence-corrected chi connectivity index (χ1v) is 17.6. The number of piperazine rings is 1. The average Bonchev–Trinajstić information content (AvgIpc) is 3.82. The van der Waals surface area contributed by atoms with Gasteiger partial charge in [-0.25, -0.2) is 19.3 Å². The molecule has 0 bridgehead atoms. The smallest absolute Gasteiger partial charge is 0.327 e. The molecule has 1 fully saturated rings. The number of para-hydroxylation sites is 1. The summed E-state index contributed by atoms with van der Waals surface area (Å²) in [4.78, 5) is 50.7. The van der Waals surface area contributed by atoms with Crippen molar-refractivity contribution in [3.8, 4) is 28.5 Å². The number of nitrogens with one attached hydrogen (secondary N) is 3. The summed E-state index contributed by atoms with van der Waals surface area (Å²) in [6, 6.07) is 26.7. The molecular weight excluding hydrogens is 670 g/mol. The molecular formula is C40H39N9O4. The second-order valence-electron chi connectivity index (χ2n) is 12.9. The van der Waals surface area contributed by atoms with Crippen molar-refractivity contribution in [1.29, 1.82) is 0 Å².